The zero-order valence-corrected chi connectivity index (χ0v) is 26.9. The number of ether oxygens (including phenoxy) is 1. The van der Waals surface area contributed by atoms with E-state index in [2.05, 4.69) is 0 Å². The lowest BCUT2D eigenvalue weighted by Crippen LogP contribution is -2.61. The largest absolute Gasteiger partial charge is 0.444 e. The summed E-state index contributed by atoms with van der Waals surface area (Å²) in [5.41, 5.74) is -2.32. The molecule has 1 atom stereocenters. The van der Waals surface area contributed by atoms with Gasteiger partial charge in [-0.2, -0.15) is 26.3 Å². The lowest BCUT2D eigenvalue weighted by molar-refractivity contribution is -0.138. The predicted molar refractivity (Wildman–Crippen MR) is 167 cm³/mol. The molecule has 7 nitrogen and oxygen atoms in total. The first kappa shape index (κ1) is 34.4. The summed E-state index contributed by atoms with van der Waals surface area (Å²) in [4.78, 5) is 15.6. The third-order valence-electron chi connectivity index (χ3n) is 7.64. The number of benzene rings is 3. The van der Waals surface area contributed by atoms with Gasteiger partial charge in [0.2, 0.25) is 0 Å². The van der Waals surface area contributed by atoms with Crippen molar-refractivity contribution in [1.82, 2.24) is 4.90 Å². The van der Waals surface area contributed by atoms with Gasteiger partial charge < -0.3 is 14.5 Å². The Bertz CT molecular complexity index is 1820. The zero-order chi connectivity index (χ0) is 34.5. The molecule has 252 valence electrons. The van der Waals surface area contributed by atoms with E-state index >= 15 is 0 Å². The monoisotopic (exact) mass is 701 g/mol. The fraction of sp³-hybridized carbons (Fsp3) is 0.344. The van der Waals surface area contributed by atoms with Crippen molar-refractivity contribution in [3.8, 4) is 0 Å². The highest BCUT2D eigenvalue weighted by Crippen LogP contribution is 2.42. The second-order valence-electron chi connectivity index (χ2n) is 12.1. The van der Waals surface area contributed by atoms with E-state index in [1.807, 2.05) is 4.90 Å². The molecule has 2 heterocycles. The molecule has 0 spiro atoms. The number of sulfonamides is 1. The number of alkyl halides is 6. The van der Waals surface area contributed by atoms with Gasteiger partial charge in [0, 0.05) is 30.2 Å². The van der Waals surface area contributed by atoms with E-state index in [0.29, 0.717) is 17.3 Å². The Kier molecular flexibility index (Phi) is 8.99. The molecule has 0 bridgehead atoms. The first-order valence-electron chi connectivity index (χ1n) is 14.4. The summed E-state index contributed by atoms with van der Waals surface area (Å²) < 4.78 is 116. The van der Waals surface area contributed by atoms with Crippen molar-refractivity contribution in [2.24, 2.45) is 0 Å². The van der Waals surface area contributed by atoms with Crippen LogP contribution < -0.4 is 9.21 Å². The van der Waals surface area contributed by atoms with Crippen LogP contribution in [0.15, 0.2) is 65.6 Å². The van der Waals surface area contributed by atoms with Crippen molar-refractivity contribution in [2.45, 2.75) is 49.7 Å². The number of nitrogens with zero attached hydrogens (tertiary/aromatic N) is 3. The first-order valence-corrected chi connectivity index (χ1v) is 16.2. The number of fused-ring (bicyclic) bond motifs is 3. The van der Waals surface area contributed by atoms with Gasteiger partial charge in [-0.25, -0.2) is 13.2 Å². The molecule has 0 aromatic heterocycles. The van der Waals surface area contributed by atoms with Crippen LogP contribution in [-0.2, 0) is 27.1 Å². The predicted octanol–water partition coefficient (Wildman–Crippen LogP) is 8.18. The highest BCUT2D eigenvalue weighted by atomic mass is 35.5. The molecule has 3 aromatic carbocycles. The molecule has 1 saturated heterocycles. The van der Waals surface area contributed by atoms with Gasteiger partial charge in [0.15, 0.2) is 0 Å². The molecule has 3 aromatic rings. The molecule has 0 radical (unpaired) electrons. The van der Waals surface area contributed by atoms with Crippen LogP contribution in [0, 0.1) is 0 Å². The molecule has 0 saturated carbocycles. The first-order chi connectivity index (χ1) is 21.8. The molecule has 0 unspecified atom stereocenters. The van der Waals surface area contributed by atoms with Crippen LogP contribution in [0.5, 0.6) is 0 Å². The van der Waals surface area contributed by atoms with Crippen molar-refractivity contribution < 1.29 is 44.3 Å². The van der Waals surface area contributed by atoms with E-state index in [-0.39, 0.29) is 42.5 Å². The normalized spacial score (nSPS) is 17.5. The van der Waals surface area contributed by atoms with Gasteiger partial charge in [-0.3, -0.25) is 4.31 Å². The van der Waals surface area contributed by atoms with Gasteiger partial charge in [-0.15, -0.1) is 0 Å². The second kappa shape index (κ2) is 12.3. The number of rotatable bonds is 4. The van der Waals surface area contributed by atoms with Crippen LogP contribution in [0.2, 0.25) is 5.02 Å². The van der Waals surface area contributed by atoms with Crippen molar-refractivity contribution in [3.05, 3.63) is 87.9 Å². The molecular weight excluding hydrogens is 672 g/mol. The topological polar surface area (TPSA) is 70.2 Å². The number of hydrogen-bond donors (Lipinski definition) is 0. The Labute approximate surface area is 273 Å². The maximum absolute atomic E-state index is 14.1. The summed E-state index contributed by atoms with van der Waals surface area (Å²) in [5, 5.41) is -0.145. The Morgan fingerprint density at radius 3 is 2.23 bits per heavy atom. The maximum atomic E-state index is 14.1. The Balaban J connectivity index is 1.58. The number of amides is 1. The minimum atomic E-state index is -4.80. The molecule has 15 heteroatoms. The van der Waals surface area contributed by atoms with Crippen LogP contribution >= 0.6 is 11.6 Å². The third kappa shape index (κ3) is 7.33. The minimum Gasteiger partial charge on any atom is -0.444 e. The summed E-state index contributed by atoms with van der Waals surface area (Å²) >= 11 is 6.10. The smallest absolute Gasteiger partial charge is 0.417 e. The molecule has 2 aliphatic rings. The van der Waals surface area contributed by atoms with Crippen LogP contribution in [-0.4, -0.2) is 57.2 Å². The van der Waals surface area contributed by atoms with E-state index < -0.39 is 56.1 Å². The lowest BCUT2D eigenvalue weighted by atomic mass is 10.0. The lowest BCUT2D eigenvalue weighted by Gasteiger charge is -2.49. The van der Waals surface area contributed by atoms with Gasteiger partial charge in [0.05, 0.1) is 40.0 Å². The van der Waals surface area contributed by atoms with Crippen LogP contribution in [0.1, 0.15) is 43.0 Å². The number of hydrogen-bond acceptors (Lipinski definition) is 5. The van der Waals surface area contributed by atoms with Crippen LogP contribution in [0.3, 0.4) is 0 Å². The highest BCUT2D eigenvalue weighted by molar-refractivity contribution is 7.92. The van der Waals surface area contributed by atoms with Crippen LogP contribution in [0.4, 0.5) is 42.5 Å². The highest BCUT2D eigenvalue weighted by Gasteiger charge is 2.42. The molecule has 5 rings (SSSR count). The Morgan fingerprint density at radius 2 is 1.57 bits per heavy atom. The Morgan fingerprint density at radius 1 is 0.872 bits per heavy atom. The second-order valence-corrected chi connectivity index (χ2v) is 14.4. The minimum absolute atomic E-state index is 0.0668. The van der Waals surface area contributed by atoms with E-state index in [4.69, 9.17) is 16.3 Å². The fourth-order valence-electron chi connectivity index (χ4n) is 5.52. The van der Waals surface area contributed by atoms with E-state index in [1.165, 1.54) is 35.3 Å². The fourth-order valence-corrected chi connectivity index (χ4v) is 7.31. The maximum Gasteiger partial charge on any atom is 0.417 e. The van der Waals surface area contributed by atoms with Gasteiger partial charge in [0.25, 0.3) is 10.0 Å². The summed E-state index contributed by atoms with van der Waals surface area (Å²) in [6, 6.07) is 10.8. The molecule has 1 fully saturated rings. The molecule has 1 amide bonds. The SMILES string of the molecule is CC(C)(C)OC(=O)N1CCN2c3ccc(/C=C/c4c(Cl)cccc4C(F)(F)F)cc3N(S(=O)(=O)c3cccc(C(F)(F)F)c3)C[C@H]2C1. The average Bonchev–Trinajstić information content (AvgIpc) is 2.97. The van der Waals surface area contributed by atoms with E-state index in [1.54, 1.807) is 32.9 Å². The van der Waals surface area contributed by atoms with E-state index in [9.17, 15) is 39.6 Å². The molecule has 0 aliphatic carbocycles. The average molecular weight is 702 g/mol. The van der Waals surface area contributed by atoms with Crippen LogP contribution in [0.25, 0.3) is 12.2 Å². The van der Waals surface area contributed by atoms with Crippen molar-refractivity contribution in [3.63, 3.8) is 0 Å². The van der Waals surface area contributed by atoms with E-state index in [0.717, 1.165) is 28.6 Å². The summed E-state index contributed by atoms with van der Waals surface area (Å²) in [7, 11) is -4.61. The number of piperazine rings is 1. The molecule has 0 N–H and O–H groups in total. The molecule has 2 aliphatic heterocycles. The molecule has 47 heavy (non-hydrogen) atoms. The summed E-state index contributed by atoms with van der Waals surface area (Å²) in [6.45, 7) is 5.51. The standard InChI is InChI=1S/C32H30ClF6N3O4S/c1-30(2,3)46-29(43)40-14-15-41-22(18-40)19-42(47(44,45)23-7-4-6-21(17-23)31(34,35)36)28-16-20(11-13-27(28)41)10-12-24-25(32(37,38)39)8-5-9-26(24)33/h4-13,16-17,22H,14-15,18-19H2,1-3H3/b12-10+/t22-/m1/s1. The van der Waals surface area contributed by atoms with Crippen molar-refractivity contribution in [1.29, 1.82) is 0 Å². The quantitative estimate of drug-likeness (QED) is 0.203. The Hall–Kier alpha value is -3.91. The third-order valence-corrected chi connectivity index (χ3v) is 9.74. The van der Waals surface area contributed by atoms with Gasteiger partial charge in [-0.05, 0) is 68.8 Å². The number of halogens is 7. The number of carbonyl (C=O) groups is 1. The zero-order valence-electron chi connectivity index (χ0n) is 25.4. The summed E-state index contributed by atoms with van der Waals surface area (Å²) in [6.07, 6.45) is -7.56. The summed E-state index contributed by atoms with van der Waals surface area (Å²) in [5.74, 6) is 0. The molecular formula is C32H30ClF6N3O4S. The van der Waals surface area contributed by atoms with Gasteiger partial charge >= 0.3 is 18.4 Å². The number of carbonyl (C=O) groups excluding carboxylic acids is 1. The van der Waals surface area contributed by atoms with Gasteiger partial charge in [-0.1, -0.05) is 42.0 Å². The van der Waals surface area contributed by atoms with Crippen molar-refractivity contribution >= 4 is 51.2 Å². The van der Waals surface area contributed by atoms with Crippen molar-refractivity contribution in [2.75, 3.05) is 35.4 Å². The van der Waals surface area contributed by atoms with Gasteiger partial charge in [0.1, 0.15) is 5.60 Å². The number of anilines is 2.